The minimum absolute atomic E-state index is 0.0294. The molecule has 0 spiro atoms. The summed E-state index contributed by atoms with van der Waals surface area (Å²) in [6, 6.07) is 5.67. The molecule has 2 bridgehead atoms. The van der Waals surface area contributed by atoms with Crippen molar-refractivity contribution in [1.82, 2.24) is 4.90 Å². The number of hydrogen-bond donors (Lipinski definition) is 1. The topological polar surface area (TPSA) is 92.8 Å². The zero-order chi connectivity index (χ0) is 20.7. The molecule has 0 unspecified atom stereocenters. The summed E-state index contributed by atoms with van der Waals surface area (Å²) in [6.07, 6.45) is 2.94. The fraction of sp³-hybridized carbons (Fsp3) is 0.545. The summed E-state index contributed by atoms with van der Waals surface area (Å²) in [4.78, 5) is 50.5. The third-order valence-corrected chi connectivity index (χ3v) is 6.43. The van der Waals surface area contributed by atoms with Crippen molar-refractivity contribution in [1.29, 1.82) is 0 Å². The summed E-state index contributed by atoms with van der Waals surface area (Å²) in [5.41, 5.74) is 2.70. The lowest BCUT2D eigenvalue weighted by Crippen LogP contribution is -2.35. The predicted octanol–water partition coefficient (Wildman–Crippen LogP) is 2.21. The van der Waals surface area contributed by atoms with E-state index in [1.165, 1.54) is 4.90 Å². The first-order valence-corrected chi connectivity index (χ1v) is 10.2. The monoisotopic (exact) mass is 398 g/mol. The smallest absolute Gasteiger partial charge is 0.308 e. The van der Waals surface area contributed by atoms with Gasteiger partial charge in [0.25, 0.3) is 5.91 Å². The molecule has 1 heterocycles. The fourth-order valence-corrected chi connectivity index (χ4v) is 5.36. The lowest BCUT2D eigenvalue weighted by molar-refractivity contribution is -0.149. The maximum Gasteiger partial charge on any atom is 0.308 e. The Kier molecular flexibility index (Phi) is 5.15. The van der Waals surface area contributed by atoms with E-state index in [1.54, 1.807) is 0 Å². The SMILES string of the molecule is Cc1cc(C)cc(NC(=O)COC(=O)CCN2C(=O)[C@@H]3[C@H]4CC[C@@H](C4)[C@H]3C2=O)c1. The lowest BCUT2D eigenvalue weighted by atomic mass is 9.81. The van der Waals surface area contributed by atoms with Gasteiger partial charge in [-0.1, -0.05) is 6.07 Å². The Balaban J connectivity index is 1.24. The summed E-state index contributed by atoms with van der Waals surface area (Å²) in [5.74, 6) is -0.995. The van der Waals surface area contributed by atoms with Crippen LogP contribution in [0, 0.1) is 37.5 Å². The lowest BCUT2D eigenvalue weighted by Gasteiger charge is -2.19. The third kappa shape index (κ3) is 3.78. The number of imide groups is 1. The Hall–Kier alpha value is -2.70. The number of carbonyl (C=O) groups excluding carboxylic acids is 4. The number of nitrogens with zero attached hydrogens (tertiary/aromatic N) is 1. The first-order chi connectivity index (χ1) is 13.8. The van der Waals surface area contributed by atoms with Gasteiger partial charge in [-0.05, 0) is 68.2 Å². The number of aryl methyl sites for hydroxylation is 2. The Labute approximate surface area is 169 Å². The molecule has 4 atom stereocenters. The molecule has 0 aromatic heterocycles. The highest BCUT2D eigenvalue weighted by Crippen LogP contribution is 2.56. The number of esters is 1. The fourth-order valence-electron chi connectivity index (χ4n) is 5.36. The third-order valence-electron chi connectivity index (χ3n) is 6.43. The van der Waals surface area contributed by atoms with Gasteiger partial charge < -0.3 is 10.1 Å². The van der Waals surface area contributed by atoms with Crippen LogP contribution in [0.1, 0.15) is 36.8 Å². The Morgan fingerprint density at radius 2 is 1.62 bits per heavy atom. The van der Waals surface area contributed by atoms with E-state index < -0.39 is 18.5 Å². The van der Waals surface area contributed by atoms with Crippen molar-refractivity contribution >= 4 is 29.4 Å². The number of rotatable bonds is 6. The minimum Gasteiger partial charge on any atom is -0.456 e. The average molecular weight is 398 g/mol. The first-order valence-electron chi connectivity index (χ1n) is 10.2. The number of anilines is 1. The maximum absolute atomic E-state index is 12.6. The molecule has 0 radical (unpaired) electrons. The number of likely N-dealkylation sites (tertiary alicyclic amines) is 1. The highest BCUT2D eigenvalue weighted by molar-refractivity contribution is 6.06. The van der Waals surface area contributed by atoms with Crippen LogP contribution >= 0.6 is 0 Å². The quantitative estimate of drug-likeness (QED) is 0.586. The molecule has 154 valence electrons. The van der Waals surface area contributed by atoms with Gasteiger partial charge in [0, 0.05) is 12.2 Å². The molecule has 4 rings (SSSR count). The van der Waals surface area contributed by atoms with Crippen molar-refractivity contribution in [2.75, 3.05) is 18.5 Å². The molecular formula is C22H26N2O5. The van der Waals surface area contributed by atoms with E-state index in [2.05, 4.69) is 5.32 Å². The average Bonchev–Trinajstić information content (AvgIpc) is 3.32. The van der Waals surface area contributed by atoms with Crippen LogP contribution in [0.5, 0.6) is 0 Å². The molecule has 7 nitrogen and oxygen atoms in total. The zero-order valence-corrected chi connectivity index (χ0v) is 16.8. The van der Waals surface area contributed by atoms with Crippen LogP contribution in [0.3, 0.4) is 0 Å². The maximum atomic E-state index is 12.6. The van der Waals surface area contributed by atoms with Gasteiger partial charge in [0.2, 0.25) is 11.8 Å². The Bertz CT molecular complexity index is 832. The summed E-state index contributed by atoms with van der Waals surface area (Å²) in [6.45, 7) is 3.50. The molecule has 29 heavy (non-hydrogen) atoms. The van der Waals surface area contributed by atoms with Gasteiger partial charge in [0.1, 0.15) is 0 Å². The number of nitrogens with one attached hydrogen (secondary N) is 1. The van der Waals surface area contributed by atoms with Crippen molar-refractivity contribution in [2.24, 2.45) is 23.7 Å². The number of carbonyl (C=O) groups is 4. The van der Waals surface area contributed by atoms with Gasteiger partial charge in [0.05, 0.1) is 18.3 Å². The molecule has 7 heteroatoms. The number of amides is 3. The molecule has 2 saturated carbocycles. The van der Waals surface area contributed by atoms with Gasteiger partial charge in [-0.25, -0.2) is 0 Å². The van der Waals surface area contributed by atoms with Crippen LogP contribution in [0.2, 0.25) is 0 Å². The number of hydrogen-bond acceptors (Lipinski definition) is 5. The standard InChI is InChI=1S/C22H26N2O5/c1-12-7-13(2)9-16(8-12)23-17(25)11-29-18(26)5-6-24-21(27)19-14-3-4-15(10-14)20(19)22(24)28/h7-9,14-15,19-20H,3-6,10-11H2,1-2H3,(H,23,25)/t14-,15-,19+,20+/m0/s1. The van der Waals surface area contributed by atoms with E-state index in [-0.39, 0.29) is 36.6 Å². The molecule has 1 aliphatic heterocycles. The van der Waals surface area contributed by atoms with E-state index in [0.29, 0.717) is 17.5 Å². The molecule has 3 amide bonds. The molecule has 1 saturated heterocycles. The van der Waals surface area contributed by atoms with Crippen LogP contribution < -0.4 is 5.32 Å². The Morgan fingerprint density at radius 3 is 2.21 bits per heavy atom. The van der Waals surface area contributed by atoms with Crippen LogP contribution in [0.25, 0.3) is 0 Å². The largest absolute Gasteiger partial charge is 0.456 e. The van der Waals surface area contributed by atoms with Crippen LogP contribution in [-0.2, 0) is 23.9 Å². The van der Waals surface area contributed by atoms with Gasteiger partial charge in [-0.15, -0.1) is 0 Å². The second-order valence-electron chi connectivity index (χ2n) is 8.55. The van der Waals surface area contributed by atoms with Gasteiger partial charge in [-0.2, -0.15) is 0 Å². The van der Waals surface area contributed by atoms with Gasteiger partial charge in [0.15, 0.2) is 6.61 Å². The number of benzene rings is 1. The molecule has 3 fully saturated rings. The van der Waals surface area contributed by atoms with E-state index in [9.17, 15) is 19.2 Å². The minimum atomic E-state index is -0.596. The summed E-state index contributed by atoms with van der Waals surface area (Å²) in [7, 11) is 0. The molecule has 2 aliphatic carbocycles. The molecule has 1 aromatic rings. The molecule has 3 aliphatic rings. The molecule has 1 aromatic carbocycles. The molecule has 1 N–H and O–H groups in total. The van der Waals surface area contributed by atoms with E-state index in [1.807, 2.05) is 32.0 Å². The van der Waals surface area contributed by atoms with E-state index in [4.69, 9.17) is 4.74 Å². The summed E-state index contributed by atoms with van der Waals surface area (Å²) < 4.78 is 5.02. The first kappa shape index (κ1) is 19.6. The number of ether oxygens (including phenoxy) is 1. The van der Waals surface area contributed by atoms with E-state index >= 15 is 0 Å². The van der Waals surface area contributed by atoms with Crippen molar-refractivity contribution in [3.63, 3.8) is 0 Å². The number of fused-ring (bicyclic) bond motifs is 5. The second-order valence-corrected chi connectivity index (χ2v) is 8.55. The predicted molar refractivity (Wildman–Crippen MR) is 105 cm³/mol. The van der Waals surface area contributed by atoms with Crippen molar-refractivity contribution in [2.45, 2.75) is 39.5 Å². The van der Waals surface area contributed by atoms with Crippen molar-refractivity contribution < 1.29 is 23.9 Å². The summed E-state index contributed by atoms with van der Waals surface area (Å²) >= 11 is 0. The highest BCUT2D eigenvalue weighted by Gasteiger charge is 2.60. The zero-order valence-electron chi connectivity index (χ0n) is 16.8. The van der Waals surface area contributed by atoms with Crippen LogP contribution in [-0.4, -0.2) is 41.7 Å². The van der Waals surface area contributed by atoms with Crippen LogP contribution in [0.4, 0.5) is 5.69 Å². The van der Waals surface area contributed by atoms with Gasteiger partial charge >= 0.3 is 5.97 Å². The normalized spacial score (nSPS) is 27.3. The van der Waals surface area contributed by atoms with Gasteiger partial charge in [-0.3, -0.25) is 24.1 Å². The van der Waals surface area contributed by atoms with Crippen molar-refractivity contribution in [3.8, 4) is 0 Å². The summed E-state index contributed by atoms with van der Waals surface area (Å²) in [5, 5.41) is 2.70. The Morgan fingerprint density at radius 1 is 1.03 bits per heavy atom. The highest BCUT2D eigenvalue weighted by atomic mass is 16.5. The second kappa shape index (κ2) is 7.61. The molecular weight excluding hydrogens is 372 g/mol. The van der Waals surface area contributed by atoms with Crippen molar-refractivity contribution in [3.05, 3.63) is 29.3 Å². The van der Waals surface area contributed by atoms with E-state index in [0.717, 1.165) is 30.4 Å². The van der Waals surface area contributed by atoms with Crippen LogP contribution in [0.15, 0.2) is 18.2 Å².